The molecule has 0 spiro atoms. The Balaban J connectivity index is 3.01. The molecule has 0 atom stereocenters. The average Bonchev–Trinajstić information content (AvgIpc) is 2.35. The molecule has 0 bridgehead atoms. The van der Waals surface area contributed by atoms with E-state index in [0.29, 0.717) is 0 Å². The van der Waals surface area contributed by atoms with Crippen molar-refractivity contribution in [2.24, 2.45) is 4.99 Å². The van der Waals surface area contributed by atoms with Crippen LogP contribution in [-0.4, -0.2) is 11.5 Å². The van der Waals surface area contributed by atoms with Gasteiger partial charge in [-0.15, -0.1) is 0 Å². The molecule has 1 aromatic carbocycles. The molecule has 4 heteroatoms. The Kier molecular flexibility index (Phi) is 6.44. The van der Waals surface area contributed by atoms with Gasteiger partial charge in [-0.1, -0.05) is 34.5 Å². The first-order chi connectivity index (χ1) is 8.58. The topological polar surface area (TPSA) is 24.4 Å². The highest BCUT2D eigenvalue weighted by Crippen LogP contribution is 2.23. The van der Waals surface area contributed by atoms with Gasteiger partial charge in [-0.3, -0.25) is 0 Å². The maximum atomic E-state index is 6.00. The molecule has 18 heavy (non-hydrogen) atoms. The highest BCUT2D eigenvalue weighted by molar-refractivity contribution is 9.09. The monoisotopic (exact) mass is 328 g/mol. The molecule has 1 rings (SSSR count). The van der Waals surface area contributed by atoms with Gasteiger partial charge in [0.1, 0.15) is 5.82 Å². The van der Waals surface area contributed by atoms with E-state index in [-0.39, 0.29) is 0 Å². The van der Waals surface area contributed by atoms with E-state index in [4.69, 9.17) is 11.6 Å². The molecule has 0 unspecified atom stereocenters. The van der Waals surface area contributed by atoms with Crippen LogP contribution < -0.4 is 5.32 Å². The van der Waals surface area contributed by atoms with Gasteiger partial charge >= 0.3 is 0 Å². The number of hydrogen-bond donors (Lipinski definition) is 1. The van der Waals surface area contributed by atoms with Gasteiger partial charge in [0.05, 0.1) is 0 Å². The Morgan fingerprint density at radius 1 is 1.44 bits per heavy atom. The van der Waals surface area contributed by atoms with Gasteiger partial charge in [0, 0.05) is 22.3 Å². The zero-order valence-corrected chi connectivity index (χ0v) is 13.3. The van der Waals surface area contributed by atoms with Crippen LogP contribution in [0.1, 0.15) is 26.3 Å². The van der Waals surface area contributed by atoms with Crippen molar-refractivity contribution >= 4 is 39.4 Å². The molecule has 0 aliphatic carbocycles. The zero-order chi connectivity index (χ0) is 13.5. The quantitative estimate of drug-likeness (QED) is 0.594. The molecule has 0 amide bonds. The summed E-state index contributed by atoms with van der Waals surface area (Å²) in [7, 11) is 0. The summed E-state index contributed by atoms with van der Waals surface area (Å²) in [5, 5.41) is 4.87. The first-order valence-corrected chi connectivity index (χ1v) is 7.39. The Bertz CT molecular complexity index is 463. The molecule has 0 aliphatic rings. The van der Waals surface area contributed by atoms with Crippen LogP contribution in [0.3, 0.4) is 0 Å². The van der Waals surface area contributed by atoms with E-state index in [1.54, 1.807) is 0 Å². The van der Waals surface area contributed by atoms with Gasteiger partial charge in [0.15, 0.2) is 0 Å². The summed E-state index contributed by atoms with van der Waals surface area (Å²) in [6.45, 7) is 6.19. The molecule has 0 aromatic heterocycles. The molecule has 0 fully saturated rings. The number of nitrogens with one attached hydrogen (secondary N) is 1. The van der Waals surface area contributed by atoms with E-state index in [2.05, 4.69) is 33.2 Å². The van der Waals surface area contributed by atoms with Crippen LogP contribution in [0.4, 0.5) is 5.69 Å². The molecule has 0 saturated carbocycles. The smallest absolute Gasteiger partial charge is 0.128 e. The fourth-order valence-corrected chi connectivity index (χ4v) is 1.86. The second-order valence-electron chi connectivity index (χ2n) is 4.09. The standard InChI is InChI=1S/C14H18BrClN2/c1-4-11-9-12(16)5-6-13(11)18-14(10(2)3)17-8-7-15/h5-6,8-9,18H,4,7H2,1-3H3/b17-8-. The molecule has 2 nitrogen and oxygen atoms in total. The number of halogens is 2. The van der Waals surface area contributed by atoms with Crippen molar-refractivity contribution < 1.29 is 0 Å². The van der Waals surface area contributed by atoms with Crippen molar-refractivity contribution in [3.05, 3.63) is 40.2 Å². The van der Waals surface area contributed by atoms with Crippen LogP contribution in [0, 0.1) is 0 Å². The van der Waals surface area contributed by atoms with Crippen LogP contribution in [0.25, 0.3) is 0 Å². The molecule has 1 N–H and O–H groups in total. The molecule has 98 valence electrons. The molecular weight excluding hydrogens is 312 g/mol. The number of allylic oxidation sites excluding steroid dienone is 1. The maximum absolute atomic E-state index is 6.00. The average molecular weight is 330 g/mol. The molecular formula is C14H18BrClN2. The third kappa shape index (κ3) is 4.46. The number of aryl methyl sites for hydroxylation is 1. The minimum absolute atomic E-state index is 0.743. The summed E-state index contributed by atoms with van der Waals surface area (Å²) in [5.41, 5.74) is 3.39. The third-order valence-corrected chi connectivity index (χ3v) is 2.99. The number of hydrogen-bond acceptors (Lipinski definition) is 2. The van der Waals surface area contributed by atoms with Crippen molar-refractivity contribution in [3.8, 4) is 0 Å². The highest BCUT2D eigenvalue weighted by atomic mass is 79.9. The van der Waals surface area contributed by atoms with Gasteiger partial charge in [0.2, 0.25) is 0 Å². The predicted octanol–water partition coefficient (Wildman–Crippen LogP) is 5.03. The number of nitrogens with zero attached hydrogens (tertiary/aromatic N) is 1. The van der Waals surface area contributed by atoms with Crippen LogP contribution in [0.5, 0.6) is 0 Å². The summed E-state index contributed by atoms with van der Waals surface area (Å²) < 4.78 is 0. The van der Waals surface area contributed by atoms with E-state index in [9.17, 15) is 0 Å². The lowest BCUT2D eigenvalue weighted by molar-refractivity contribution is 1.12. The summed E-state index contributed by atoms with van der Waals surface area (Å²) in [6.07, 6.45) is 2.76. The number of rotatable bonds is 5. The molecule has 0 saturated heterocycles. The van der Waals surface area contributed by atoms with E-state index in [0.717, 1.165) is 33.9 Å². The van der Waals surface area contributed by atoms with E-state index in [1.165, 1.54) is 5.56 Å². The van der Waals surface area contributed by atoms with E-state index >= 15 is 0 Å². The van der Waals surface area contributed by atoms with Crippen molar-refractivity contribution in [1.29, 1.82) is 0 Å². The number of anilines is 1. The number of aliphatic imine (C=N–C) groups is 1. The van der Waals surface area contributed by atoms with Crippen LogP contribution in [-0.2, 0) is 6.42 Å². The number of benzene rings is 1. The van der Waals surface area contributed by atoms with E-state index in [1.807, 2.05) is 38.3 Å². The SMILES string of the molecule is CCc1cc(Cl)ccc1NC(/N=C\CBr)=C(C)C. The van der Waals surface area contributed by atoms with Crippen LogP contribution in [0.15, 0.2) is 34.6 Å². The fraction of sp³-hybridized carbons (Fsp3) is 0.357. The highest BCUT2D eigenvalue weighted by Gasteiger charge is 2.04. The van der Waals surface area contributed by atoms with Gasteiger partial charge in [-0.25, -0.2) is 4.99 Å². The first kappa shape index (κ1) is 15.3. The van der Waals surface area contributed by atoms with Crippen molar-refractivity contribution in [1.82, 2.24) is 0 Å². The Morgan fingerprint density at radius 3 is 2.72 bits per heavy atom. The summed E-state index contributed by atoms with van der Waals surface area (Å²) in [6, 6.07) is 5.87. The molecule has 1 aromatic rings. The van der Waals surface area contributed by atoms with Gasteiger partial charge in [-0.2, -0.15) is 0 Å². The summed E-state index contributed by atoms with van der Waals surface area (Å²) in [4.78, 5) is 4.40. The third-order valence-electron chi connectivity index (χ3n) is 2.46. The van der Waals surface area contributed by atoms with Crippen molar-refractivity contribution in [2.75, 3.05) is 10.6 Å². The Hall–Kier alpha value is -0.800. The minimum Gasteiger partial charge on any atom is -0.340 e. The van der Waals surface area contributed by atoms with E-state index < -0.39 is 0 Å². The lowest BCUT2D eigenvalue weighted by Gasteiger charge is -2.13. The second-order valence-corrected chi connectivity index (χ2v) is 5.18. The lowest BCUT2D eigenvalue weighted by Crippen LogP contribution is -2.02. The largest absolute Gasteiger partial charge is 0.340 e. The maximum Gasteiger partial charge on any atom is 0.128 e. The van der Waals surface area contributed by atoms with Crippen LogP contribution in [0.2, 0.25) is 5.02 Å². The zero-order valence-electron chi connectivity index (χ0n) is 10.9. The predicted molar refractivity (Wildman–Crippen MR) is 85.1 cm³/mol. The van der Waals surface area contributed by atoms with Gasteiger partial charge in [0.25, 0.3) is 0 Å². The van der Waals surface area contributed by atoms with Crippen molar-refractivity contribution in [2.45, 2.75) is 27.2 Å². The molecule has 0 radical (unpaired) electrons. The Morgan fingerprint density at radius 2 is 2.17 bits per heavy atom. The molecule has 0 aliphatic heterocycles. The van der Waals surface area contributed by atoms with Gasteiger partial charge < -0.3 is 5.32 Å². The van der Waals surface area contributed by atoms with Crippen molar-refractivity contribution in [3.63, 3.8) is 0 Å². The summed E-state index contributed by atoms with van der Waals surface area (Å²) in [5.74, 6) is 0.881. The fourth-order valence-electron chi connectivity index (χ4n) is 1.52. The molecule has 0 heterocycles. The second kappa shape index (κ2) is 7.59. The number of alkyl halides is 1. The van der Waals surface area contributed by atoms with Crippen LogP contribution >= 0.6 is 27.5 Å². The lowest BCUT2D eigenvalue weighted by atomic mass is 10.1. The first-order valence-electron chi connectivity index (χ1n) is 5.89. The normalized spacial score (nSPS) is 10.7. The Labute approximate surface area is 122 Å². The summed E-state index contributed by atoms with van der Waals surface area (Å²) >= 11 is 9.34. The van der Waals surface area contributed by atoms with Gasteiger partial charge in [-0.05, 0) is 49.6 Å². The minimum atomic E-state index is 0.743.